The van der Waals surface area contributed by atoms with Gasteiger partial charge in [-0.1, -0.05) is 0 Å². The van der Waals surface area contributed by atoms with Crippen molar-refractivity contribution in [3.8, 4) is 0 Å². The Morgan fingerprint density at radius 3 is 2.41 bits per heavy atom. The molecule has 92 valence electrons. The Balaban J connectivity index is 2.07. The number of aromatic carboxylic acids is 1. The molecule has 0 aliphatic carbocycles. The Labute approximate surface area is 101 Å². The number of rotatable bonds is 3. The molecule has 4 heteroatoms. The van der Waals surface area contributed by atoms with Gasteiger partial charge in [0.05, 0.1) is 5.56 Å². The first-order chi connectivity index (χ1) is 8.18. The maximum atomic E-state index is 10.8. The van der Waals surface area contributed by atoms with E-state index < -0.39 is 5.97 Å². The lowest BCUT2D eigenvalue weighted by Gasteiger charge is -2.32. The Kier molecular flexibility index (Phi) is 3.64. The third-order valence-electron chi connectivity index (χ3n) is 3.26. The number of anilines is 1. The molecular formula is C13H17NO3. The highest BCUT2D eigenvalue weighted by molar-refractivity contribution is 5.88. The summed E-state index contributed by atoms with van der Waals surface area (Å²) in [5.74, 6) is -0.884. The fraction of sp³-hybridized carbons (Fsp3) is 0.462. The van der Waals surface area contributed by atoms with Gasteiger partial charge in [0, 0.05) is 32.0 Å². The number of nitrogens with zero attached hydrogens (tertiary/aromatic N) is 1. The molecule has 1 heterocycles. The van der Waals surface area contributed by atoms with Gasteiger partial charge in [0.1, 0.15) is 0 Å². The monoisotopic (exact) mass is 235 g/mol. The molecule has 0 saturated carbocycles. The second kappa shape index (κ2) is 5.19. The molecule has 0 atom stereocenters. The van der Waals surface area contributed by atoms with Crippen molar-refractivity contribution in [1.82, 2.24) is 0 Å². The summed E-state index contributed by atoms with van der Waals surface area (Å²) in [5, 5.41) is 8.83. The Morgan fingerprint density at radius 2 is 1.88 bits per heavy atom. The summed E-state index contributed by atoms with van der Waals surface area (Å²) < 4.78 is 5.33. The van der Waals surface area contributed by atoms with Gasteiger partial charge in [-0.25, -0.2) is 4.79 Å². The van der Waals surface area contributed by atoms with E-state index in [0.29, 0.717) is 11.6 Å². The zero-order valence-electron chi connectivity index (χ0n) is 9.93. The molecule has 1 fully saturated rings. The maximum absolute atomic E-state index is 10.8. The number of ether oxygens (including phenoxy) is 1. The van der Waals surface area contributed by atoms with Crippen LogP contribution >= 0.6 is 0 Å². The third-order valence-corrected chi connectivity index (χ3v) is 3.26. The molecule has 4 nitrogen and oxygen atoms in total. The predicted octanol–water partition coefficient (Wildman–Crippen LogP) is 2.00. The van der Waals surface area contributed by atoms with Crippen LogP contribution in [0.4, 0.5) is 5.69 Å². The zero-order chi connectivity index (χ0) is 12.3. The zero-order valence-corrected chi connectivity index (χ0v) is 9.93. The molecule has 2 rings (SSSR count). The van der Waals surface area contributed by atoms with Crippen molar-refractivity contribution in [2.24, 2.45) is 0 Å². The first kappa shape index (κ1) is 11.9. The molecule has 1 aliphatic heterocycles. The van der Waals surface area contributed by atoms with Gasteiger partial charge in [-0.05, 0) is 37.1 Å². The van der Waals surface area contributed by atoms with Gasteiger partial charge in [-0.2, -0.15) is 0 Å². The van der Waals surface area contributed by atoms with Crippen molar-refractivity contribution in [3.63, 3.8) is 0 Å². The highest BCUT2D eigenvalue weighted by atomic mass is 16.5. The smallest absolute Gasteiger partial charge is 0.335 e. The van der Waals surface area contributed by atoms with Gasteiger partial charge in [0.25, 0.3) is 0 Å². The minimum Gasteiger partial charge on any atom is -0.478 e. The molecule has 0 radical (unpaired) electrons. The highest BCUT2D eigenvalue weighted by Crippen LogP contribution is 2.21. The van der Waals surface area contributed by atoms with E-state index in [-0.39, 0.29) is 0 Å². The summed E-state index contributed by atoms with van der Waals surface area (Å²) in [6.45, 7) is 1.62. The summed E-state index contributed by atoms with van der Waals surface area (Å²) in [5.41, 5.74) is 1.39. The summed E-state index contributed by atoms with van der Waals surface area (Å²) in [4.78, 5) is 13.0. The number of hydrogen-bond acceptors (Lipinski definition) is 3. The Hall–Kier alpha value is -1.55. The first-order valence-electron chi connectivity index (χ1n) is 5.82. The van der Waals surface area contributed by atoms with Gasteiger partial charge >= 0.3 is 5.97 Å². The van der Waals surface area contributed by atoms with Gasteiger partial charge < -0.3 is 14.7 Å². The SMILES string of the molecule is CN(c1ccc(C(=O)O)cc1)C1CCOCC1. The van der Waals surface area contributed by atoms with E-state index in [1.807, 2.05) is 19.2 Å². The van der Waals surface area contributed by atoms with Crippen LogP contribution in [0.3, 0.4) is 0 Å². The number of carboxylic acids is 1. The molecule has 1 aromatic carbocycles. The van der Waals surface area contributed by atoms with Crippen LogP contribution in [0.5, 0.6) is 0 Å². The molecule has 0 spiro atoms. The standard InChI is InChI=1S/C13H17NO3/c1-14(12-6-8-17-9-7-12)11-4-2-10(3-5-11)13(15)16/h2-5,12H,6-9H2,1H3,(H,15,16). The van der Waals surface area contributed by atoms with Gasteiger partial charge in [0.15, 0.2) is 0 Å². The van der Waals surface area contributed by atoms with Crippen molar-refractivity contribution < 1.29 is 14.6 Å². The van der Waals surface area contributed by atoms with Crippen molar-refractivity contribution >= 4 is 11.7 Å². The van der Waals surface area contributed by atoms with Crippen molar-refractivity contribution in [3.05, 3.63) is 29.8 Å². The number of benzene rings is 1. The predicted molar refractivity (Wildman–Crippen MR) is 65.6 cm³/mol. The third kappa shape index (κ3) is 2.77. The average Bonchev–Trinajstić information content (AvgIpc) is 2.39. The molecule has 0 bridgehead atoms. The van der Waals surface area contributed by atoms with Crippen LogP contribution < -0.4 is 4.90 Å². The molecule has 1 aliphatic rings. The fourth-order valence-corrected chi connectivity index (χ4v) is 2.12. The van der Waals surface area contributed by atoms with Crippen LogP contribution in [0, 0.1) is 0 Å². The van der Waals surface area contributed by atoms with Crippen LogP contribution in [0.1, 0.15) is 23.2 Å². The van der Waals surface area contributed by atoms with Crippen molar-refractivity contribution in [1.29, 1.82) is 0 Å². The minimum atomic E-state index is -0.884. The molecule has 17 heavy (non-hydrogen) atoms. The van der Waals surface area contributed by atoms with E-state index in [0.717, 1.165) is 31.7 Å². The van der Waals surface area contributed by atoms with E-state index in [9.17, 15) is 4.79 Å². The maximum Gasteiger partial charge on any atom is 0.335 e. The van der Waals surface area contributed by atoms with E-state index in [2.05, 4.69) is 4.90 Å². The molecule has 1 N–H and O–H groups in total. The molecule has 1 saturated heterocycles. The first-order valence-corrected chi connectivity index (χ1v) is 5.82. The van der Waals surface area contributed by atoms with Gasteiger partial charge in [-0.3, -0.25) is 0 Å². The highest BCUT2D eigenvalue weighted by Gasteiger charge is 2.18. The normalized spacial score (nSPS) is 16.8. The van der Waals surface area contributed by atoms with Crippen LogP contribution in [0.15, 0.2) is 24.3 Å². The van der Waals surface area contributed by atoms with Gasteiger partial charge in [0.2, 0.25) is 0 Å². The number of carboxylic acid groups (broad SMARTS) is 1. The van der Waals surface area contributed by atoms with E-state index in [1.165, 1.54) is 0 Å². The second-order valence-electron chi connectivity index (χ2n) is 4.31. The van der Waals surface area contributed by atoms with Crippen LogP contribution in [-0.4, -0.2) is 37.4 Å². The fourth-order valence-electron chi connectivity index (χ4n) is 2.12. The molecule has 0 amide bonds. The topological polar surface area (TPSA) is 49.8 Å². The van der Waals surface area contributed by atoms with E-state index in [4.69, 9.17) is 9.84 Å². The molecule has 1 aromatic rings. The van der Waals surface area contributed by atoms with E-state index in [1.54, 1.807) is 12.1 Å². The quantitative estimate of drug-likeness (QED) is 0.870. The number of carbonyl (C=O) groups is 1. The van der Waals surface area contributed by atoms with Crippen molar-refractivity contribution in [2.75, 3.05) is 25.2 Å². The molecule has 0 unspecified atom stereocenters. The largest absolute Gasteiger partial charge is 0.478 e. The summed E-state index contributed by atoms with van der Waals surface area (Å²) in [7, 11) is 2.05. The molecule has 0 aromatic heterocycles. The Bertz CT molecular complexity index is 382. The minimum absolute atomic E-state index is 0.328. The van der Waals surface area contributed by atoms with E-state index >= 15 is 0 Å². The average molecular weight is 235 g/mol. The van der Waals surface area contributed by atoms with Gasteiger partial charge in [-0.15, -0.1) is 0 Å². The summed E-state index contributed by atoms with van der Waals surface area (Å²) in [6, 6.07) is 7.50. The lowest BCUT2D eigenvalue weighted by atomic mass is 10.1. The van der Waals surface area contributed by atoms with Crippen LogP contribution in [-0.2, 0) is 4.74 Å². The summed E-state index contributed by atoms with van der Waals surface area (Å²) >= 11 is 0. The second-order valence-corrected chi connectivity index (χ2v) is 4.31. The van der Waals surface area contributed by atoms with Crippen LogP contribution in [0.2, 0.25) is 0 Å². The van der Waals surface area contributed by atoms with Crippen LogP contribution in [0.25, 0.3) is 0 Å². The molecular weight excluding hydrogens is 218 g/mol. The van der Waals surface area contributed by atoms with Crippen molar-refractivity contribution in [2.45, 2.75) is 18.9 Å². The summed E-state index contributed by atoms with van der Waals surface area (Å²) in [6.07, 6.45) is 2.05. The Morgan fingerprint density at radius 1 is 1.29 bits per heavy atom. The number of hydrogen-bond donors (Lipinski definition) is 1. The lowest BCUT2D eigenvalue weighted by Crippen LogP contribution is -2.36. The lowest BCUT2D eigenvalue weighted by molar-refractivity contribution is 0.0697.